The molecule has 0 saturated carbocycles. The van der Waals surface area contributed by atoms with Crippen LogP contribution in [-0.2, 0) is 0 Å². The number of thiocarbonyl (C=S) groups is 1. The SMILES string of the molecule is CC1CSCCN1C(C)C(N)=S. The molecule has 0 amide bonds. The van der Waals surface area contributed by atoms with Crippen molar-refractivity contribution in [2.75, 3.05) is 18.1 Å². The zero-order valence-electron chi connectivity index (χ0n) is 7.62. The van der Waals surface area contributed by atoms with Crippen molar-refractivity contribution in [3.8, 4) is 0 Å². The first-order valence-electron chi connectivity index (χ1n) is 4.25. The van der Waals surface area contributed by atoms with Crippen molar-refractivity contribution in [2.45, 2.75) is 25.9 Å². The third-order valence-electron chi connectivity index (χ3n) is 2.33. The highest BCUT2D eigenvalue weighted by atomic mass is 32.2. The van der Waals surface area contributed by atoms with E-state index in [4.69, 9.17) is 18.0 Å². The Kier molecular flexibility index (Phi) is 3.80. The Balaban J connectivity index is 2.53. The predicted molar refractivity (Wildman–Crippen MR) is 59.7 cm³/mol. The van der Waals surface area contributed by atoms with Crippen LogP contribution in [0.25, 0.3) is 0 Å². The Morgan fingerprint density at radius 2 is 2.42 bits per heavy atom. The second-order valence-corrected chi connectivity index (χ2v) is 4.86. The summed E-state index contributed by atoms with van der Waals surface area (Å²) in [5, 5.41) is 0. The molecule has 70 valence electrons. The van der Waals surface area contributed by atoms with Gasteiger partial charge in [-0.05, 0) is 13.8 Å². The second-order valence-electron chi connectivity index (χ2n) is 3.24. The van der Waals surface area contributed by atoms with Gasteiger partial charge in [0.05, 0.1) is 11.0 Å². The van der Waals surface area contributed by atoms with Gasteiger partial charge in [-0.15, -0.1) is 0 Å². The van der Waals surface area contributed by atoms with E-state index in [1.807, 2.05) is 11.8 Å². The van der Waals surface area contributed by atoms with Gasteiger partial charge in [0, 0.05) is 24.1 Å². The zero-order valence-corrected chi connectivity index (χ0v) is 9.25. The number of thioether (sulfide) groups is 1. The van der Waals surface area contributed by atoms with E-state index in [0.29, 0.717) is 11.0 Å². The maximum Gasteiger partial charge on any atom is 0.0899 e. The summed E-state index contributed by atoms with van der Waals surface area (Å²) in [5.74, 6) is 2.41. The minimum Gasteiger partial charge on any atom is -0.392 e. The van der Waals surface area contributed by atoms with Gasteiger partial charge in [-0.2, -0.15) is 11.8 Å². The molecule has 0 radical (unpaired) electrons. The van der Waals surface area contributed by atoms with Crippen molar-refractivity contribution in [3.05, 3.63) is 0 Å². The Labute approximate surface area is 83.9 Å². The molecule has 1 fully saturated rings. The molecule has 0 aromatic heterocycles. The van der Waals surface area contributed by atoms with E-state index in [2.05, 4.69) is 18.7 Å². The van der Waals surface area contributed by atoms with Crippen molar-refractivity contribution in [2.24, 2.45) is 5.73 Å². The average molecular weight is 204 g/mol. The molecule has 0 bridgehead atoms. The highest BCUT2D eigenvalue weighted by Gasteiger charge is 2.24. The van der Waals surface area contributed by atoms with Crippen LogP contribution in [0.5, 0.6) is 0 Å². The molecule has 0 spiro atoms. The van der Waals surface area contributed by atoms with Crippen molar-refractivity contribution in [3.63, 3.8) is 0 Å². The largest absolute Gasteiger partial charge is 0.392 e. The Morgan fingerprint density at radius 1 is 1.75 bits per heavy atom. The topological polar surface area (TPSA) is 29.3 Å². The molecule has 1 aliphatic rings. The van der Waals surface area contributed by atoms with E-state index in [1.165, 1.54) is 11.5 Å². The molecule has 1 rings (SSSR count). The monoisotopic (exact) mass is 204 g/mol. The number of hydrogen-bond acceptors (Lipinski definition) is 3. The molecule has 2 atom stereocenters. The van der Waals surface area contributed by atoms with Gasteiger partial charge in [0.2, 0.25) is 0 Å². The fourth-order valence-electron chi connectivity index (χ4n) is 1.48. The van der Waals surface area contributed by atoms with Crippen LogP contribution in [-0.4, -0.2) is 40.0 Å². The number of nitrogens with two attached hydrogens (primary N) is 1. The molecular formula is C8H16N2S2. The van der Waals surface area contributed by atoms with Gasteiger partial charge in [0.1, 0.15) is 0 Å². The fraction of sp³-hybridized carbons (Fsp3) is 0.875. The molecule has 0 aliphatic carbocycles. The van der Waals surface area contributed by atoms with Gasteiger partial charge >= 0.3 is 0 Å². The van der Waals surface area contributed by atoms with Crippen molar-refractivity contribution in [1.82, 2.24) is 4.90 Å². The summed E-state index contributed by atoms with van der Waals surface area (Å²) in [4.78, 5) is 3.01. The molecule has 1 saturated heterocycles. The van der Waals surface area contributed by atoms with Crippen molar-refractivity contribution in [1.29, 1.82) is 0 Å². The van der Waals surface area contributed by atoms with Crippen LogP contribution in [0.1, 0.15) is 13.8 Å². The van der Waals surface area contributed by atoms with E-state index in [-0.39, 0.29) is 6.04 Å². The van der Waals surface area contributed by atoms with E-state index in [1.54, 1.807) is 0 Å². The summed E-state index contributed by atoms with van der Waals surface area (Å²) in [6, 6.07) is 0.871. The normalized spacial score (nSPS) is 28.3. The molecule has 1 aliphatic heterocycles. The predicted octanol–water partition coefficient (Wildman–Crippen LogP) is 1.10. The quantitative estimate of drug-likeness (QED) is 0.682. The number of hydrogen-bond donors (Lipinski definition) is 1. The van der Waals surface area contributed by atoms with E-state index in [0.717, 1.165) is 6.54 Å². The minimum absolute atomic E-state index is 0.260. The number of nitrogens with zero attached hydrogens (tertiary/aromatic N) is 1. The van der Waals surface area contributed by atoms with Crippen molar-refractivity contribution >= 4 is 29.0 Å². The van der Waals surface area contributed by atoms with Crippen LogP contribution in [0, 0.1) is 0 Å². The molecule has 2 N–H and O–H groups in total. The van der Waals surface area contributed by atoms with Crippen LogP contribution in [0.3, 0.4) is 0 Å². The summed E-state index contributed by atoms with van der Waals surface area (Å²) in [5.41, 5.74) is 5.61. The molecule has 0 aromatic carbocycles. The smallest absolute Gasteiger partial charge is 0.0899 e. The molecule has 0 aromatic rings. The number of rotatable bonds is 2. The fourth-order valence-corrected chi connectivity index (χ4v) is 2.65. The lowest BCUT2D eigenvalue weighted by Gasteiger charge is -2.37. The first kappa shape index (κ1) is 10.3. The summed E-state index contributed by atoms with van der Waals surface area (Å²) in [6.07, 6.45) is 0. The van der Waals surface area contributed by atoms with Crippen LogP contribution in [0.2, 0.25) is 0 Å². The Morgan fingerprint density at radius 3 is 2.92 bits per heavy atom. The highest BCUT2D eigenvalue weighted by molar-refractivity contribution is 7.99. The van der Waals surface area contributed by atoms with Crippen LogP contribution in [0.15, 0.2) is 0 Å². The van der Waals surface area contributed by atoms with Gasteiger partial charge in [-0.3, -0.25) is 4.90 Å². The van der Waals surface area contributed by atoms with Gasteiger partial charge in [-0.1, -0.05) is 12.2 Å². The molecule has 2 unspecified atom stereocenters. The zero-order chi connectivity index (χ0) is 9.14. The van der Waals surface area contributed by atoms with Crippen LogP contribution >= 0.6 is 24.0 Å². The highest BCUT2D eigenvalue weighted by Crippen LogP contribution is 2.18. The van der Waals surface area contributed by atoms with Crippen molar-refractivity contribution < 1.29 is 0 Å². The Bertz CT molecular complexity index is 172. The molecular weight excluding hydrogens is 188 g/mol. The summed E-state index contributed by atoms with van der Waals surface area (Å²) < 4.78 is 0. The summed E-state index contributed by atoms with van der Waals surface area (Å²) in [6.45, 7) is 5.44. The third-order valence-corrected chi connectivity index (χ3v) is 3.86. The summed E-state index contributed by atoms with van der Waals surface area (Å²) in [7, 11) is 0. The van der Waals surface area contributed by atoms with Gasteiger partial charge in [0.25, 0.3) is 0 Å². The lowest BCUT2D eigenvalue weighted by molar-refractivity contribution is 0.214. The Hall–Kier alpha value is 0.200. The van der Waals surface area contributed by atoms with Crippen LogP contribution in [0.4, 0.5) is 0 Å². The van der Waals surface area contributed by atoms with Gasteiger partial charge < -0.3 is 5.73 Å². The van der Waals surface area contributed by atoms with E-state index in [9.17, 15) is 0 Å². The lowest BCUT2D eigenvalue weighted by Crippen LogP contribution is -2.50. The van der Waals surface area contributed by atoms with Gasteiger partial charge in [-0.25, -0.2) is 0 Å². The van der Waals surface area contributed by atoms with E-state index >= 15 is 0 Å². The summed E-state index contributed by atoms with van der Waals surface area (Å²) >= 11 is 6.99. The molecule has 12 heavy (non-hydrogen) atoms. The van der Waals surface area contributed by atoms with Crippen LogP contribution < -0.4 is 5.73 Å². The maximum atomic E-state index is 5.61. The first-order chi connectivity index (χ1) is 5.63. The molecule has 4 heteroatoms. The average Bonchev–Trinajstić information content (AvgIpc) is 2.04. The standard InChI is InChI=1S/C8H16N2S2/c1-6-5-12-4-3-10(6)7(2)8(9)11/h6-7H,3-5H2,1-2H3,(H2,9,11). The second kappa shape index (κ2) is 4.44. The maximum absolute atomic E-state index is 5.61. The minimum atomic E-state index is 0.260. The molecule has 1 heterocycles. The third kappa shape index (κ3) is 2.34. The van der Waals surface area contributed by atoms with E-state index < -0.39 is 0 Å². The molecule has 2 nitrogen and oxygen atoms in total. The lowest BCUT2D eigenvalue weighted by atomic mass is 10.2. The first-order valence-corrected chi connectivity index (χ1v) is 5.82. The van der Waals surface area contributed by atoms with Gasteiger partial charge in [0.15, 0.2) is 0 Å².